The van der Waals surface area contributed by atoms with E-state index >= 15 is 0 Å². The van der Waals surface area contributed by atoms with Crippen LogP contribution >= 0.6 is 43.6 Å². The lowest BCUT2D eigenvalue weighted by molar-refractivity contribution is -0.123. The molecule has 9 heteroatoms. The van der Waals surface area contributed by atoms with Gasteiger partial charge in [-0.05, 0) is 75.2 Å². The Morgan fingerprint density at radius 3 is 2.41 bits per heavy atom. The van der Waals surface area contributed by atoms with Crippen molar-refractivity contribution in [2.24, 2.45) is 0 Å². The maximum Gasteiger partial charge on any atom is 0.343 e. The zero-order chi connectivity index (χ0) is 24.2. The van der Waals surface area contributed by atoms with Crippen molar-refractivity contribution in [2.75, 3.05) is 7.11 Å². The van der Waals surface area contributed by atoms with E-state index in [0.717, 1.165) is 21.8 Å². The molecule has 6 nitrogen and oxygen atoms in total. The van der Waals surface area contributed by atoms with E-state index in [0.29, 0.717) is 26.3 Å². The summed E-state index contributed by atoms with van der Waals surface area (Å²) >= 11 is 7.74. The smallest absolute Gasteiger partial charge is 0.343 e. The predicted octanol–water partition coefficient (Wildman–Crippen LogP) is 6.68. The van der Waals surface area contributed by atoms with Crippen LogP contribution in [0.25, 0.3) is 6.08 Å². The number of hydrogen-bond acceptors (Lipinski definition) is 6. The molecule has 0 bridgehead atoms. The molecule has 0 N–H and O–H groups in total. The highest BCUT2D eigenvalue weighted by Gasteiger charge is 2.35. The summed E-state index contributed by atoms with van der Waals surface area (Å²) in [5.74, 6) is -0.381. The van der Waals surface area contributed by atoms with Crippen molar-refractivity contribution < 1.29 is 23.9 Å². The highest BCUT2D eigenvalue weighted by atomic mass is 79.9. The van der Waals surface area contributed by atoms with Gasteiger partial charge in [0.1, 0.15) is 0 Å². The van der Waals surface area contributed by atoms with E-state index in [4.69, 9.17) is 9.47 Å². The number of thioether (sulfide) groups is 1. The molecule has 0 atom stereocenters. The van der Waals surface area contributed by atoms with Gasteiger partial charge in [-0.15, -0.1) is 0 Å². The third-order valence-corrected chi connectivity index (χ3v) is 7.18. The number of ether oxygens (including phenoxy) is 2. The molecule has 4 rings (SSSR count). The van der Waals surface area contributed by atoms with E-state index in [9.17, 15) is 14.4 Å². The topological polar surface area (TPSA) is 72.9 Å². The predicted molar refractivity (Wildman–Crippen MR) is 138 cm³/mol. The summed E-state index contributed by atoms with van der Waals surface area (Å²) in [6.45, 7) is 0.171. The fraction of sp³-hybridized carbons (Fsp3) is 0.0800. The number of hydrogen-bond donors (Lipinski definition) is 0. The zero-order valence-corrected chi connectivity index (χ0v) is 21.8. The summed E-state index contributed by atoms with van der Waals surface area (Å²) in [4.78, 5) is 39.4. The van der Waals surface area contributed by atoms with Gasteiger partial charge in [-0.1, -0.05) is 52.3 Å². The Hall–Kier alpha value is -2.88. The molecule has 0 aromatic heterocycles. The number of methoxy groups -OCH3 is 1. The Bertz CT molecular complexity index is 1310. The van der Waals surface area contributed by atoms with Crippen molar-refractivity contribution in [1.82, 2.24) is 4.90 Å². The van der Waals surface area contributed by atoms with Crippen LogP contribution in [0.2, 0.25) is 0 Å². The van der Waals surface area contributed by atoms with Crippen LogP contribution in [-0.2, 0) is 11.3 Å². The van der Waals surface area contributed by atoms with Crippen LogP contribution in [0.15, 0.2) is 80.6 Å². The number of halogens is 2. The first-order chi connectivity index (χ1) is 16.4. The molecule has 0 radical (unpaired) electrons. The summed E-state index contributed by atoms with van der Waals surface area (Å²) in [6, 6.07) is 19.4. The Balaban J connectivity index is 1.57. The second kappa shape index (κ2) is 10.6. The largest absolute Gasteiger partial charge is 0.493 e. The SMILES string of the molecule is COc1cc(/C=C2\SC(=O)N(Cc3ccccc3Br)C2=O)cc(Br)c1OC(=O)c1ccccc1. The first kappa shape index (κ1) is 24.3. The minimum atomic E-state index is -0.527. The lowest BCUT2D eigenvalue weighted by Crippen LogP contribution is -2.27. The fourth-order valence-electron chi connectivity index (χ4n) is 3.23. The summed E-state index contributed by atoms with van der Waals surface area (Å²) in [7, 11) is 1.46. The Morgan fingerprint density at radius 1 is 1.00 bits per heavy atom. The van der Waals surface area contributed by atoms with Gasteiger partial charge in [0.15, 0.2) is 11.5 Å². The van der Waals surface area contributed by atoms with E-state index in [1.54, 1.807) is 42.5 Å². The first-order valence-corrected chi connectivity index (χ1v) is 12.4. The molecule has 0 saturated carbocycles. The molecule has 3 aromatic rings. The van der Waals surface area contributed by atoms with Gasteiger partial charge in [0.25, 0.3) is 11.1 Å². The van der Waals surface area contributed by atoms with Crippen molar-refractivity contribution in [2.45, 2.75) is 6.54 Å². The molecule has 1 saturated heterocycles. The number of benzene rings is 3. The molecule has 2 amide bonds. The third kappa shape index (κ3) is 5.27. The highest BCUT2D eigenvalue weighted by molar-refractivity contribution is 9.10. The van der Waals surface area contributed by atoms with Crippen LogP contribution in [0.1, 0.15) is 21.5 Å². The molecule has 1 heterocycles. The van der Waals surface area contributed by atoms with E-state index in [2.05, 4.69) is 31.9 Å². The van der Waals surface area contributed by atoms with E-state index in [1.807, 2.05) is 30.3 Å². The molecule has 172 valence electrons. The number of carbonyl (C=O) groups excluding carboxylic acids is 3. The molecule has 1 fully saturated rings. The number of esters is 1. The molecule has 0 unspecified atom stereocenters. The Morgan fingerprint density at radius 2 is 1.71 bits per heavy atom. The van der Waals surface area contributed by atoms with Gasteiger partial charge in [0, 0.05) is 4.47 Å². The molecule has 3 aromatic carbocycles. The Kier molecular flexibility index (Phi) is 7.55. The van der Waals surface area contributed by atoms with Gasteiger partial charge in [0.05, 0.1) is 28.6 Å². The zero-order valence-electron chi connectivity index (χ0n) is 17.8. The second-order valence-corrected chi connectivity index (χ2v) is 9.85. The number of nitrogens with zero attached hydrogens (tertiary/aromatic N) is 1. The first-order valence-electron chi connectivity index (χ1n) is 10.0. The van der Waals surface area contributed by atoms with Crippen LogP contribution in [0.3, 0.4) is 0 Å². The maximum absolute atomic E-state index is 12.9. The quantitative estimate of drug-likeness (QED) is 0.178. The van der Waals surface area contributed by atoms with Crippen molar-refractivity contribution in [3.63, 3.8) is 0 Å². The summed E-state index contributed by atoms with van der Waals surface area (Å²) < 4.78 is 12.3. The second-order valence-electron chi connectivity index (χ2n) is 7.15. The van der Waals surface area contributed by atoms with Gasteiger partial charge < -0.3 is 9.47 Å². The van der Waals surface area contributed by atoms with Crippen molar-refractivity contribution in [3.8, 4) is 11.5 Å². The summed E-state index contributed by atoms with van der Waals surface area (Å²) in [6.07, 6.45) is 1.61. The minimum absolute atomic E-state index is 0.171. The molecule has 1 aliphatic heterocycles. The average Bonchev–Trinajstić information content (AvgIpc) is 3.09. The lowest BCUT2D eigenvalue weighted by atomic mass is 10.1. The standard InChI is InChI=1S/C25H17Br2NO5S/c1-32-20-12-15(11-19(27)22(20)33-24(30)16-7-3-2-4-8-16)13-21-23(29)28(25(31)34-21)14-17-9-5-6-10-18(17)26/h2-13H,14H2,1H3/b21-13-. The van der Waals surface area contributed by atoms with E-state index in [-0.39, 0.29) is 23.4 Å². The van der Waals surface area contributed by atoms with Gasteiger partial charge in [0.2, 0.25) is 0 Å². The Labute approximate surface area is 217 Å². The molecule has 1 aliphatic rings. The maximum atomic E-state index is 12.9. The number of imide groups is 1. The van der Waals surface area contributed by atoms with Gasteiger partial charge in [-0.3, -0.25) is 14.5 Å². The monoisotopic (exact) mass is 601 g/mol. The fourth-order valence-corrected chi connectivity index (χ4v) is 5.02. The van der Waals surface area contributed by atoms with Crippen molar-refractivity contribution in [1.29, 1.82) is 0 Å². The highest BCUT2D eigenvalue weighted by Crippen LogP contribution is 2.40. The van der Waals surface area contributed by atoms with Crippen molar-refractivity contribution >= 4 is 66.8 Å². The third-order valence-electron chi connectivity index (χ3n) is 4.91. The van der Waals surface area contributed by atoms with Gasteiger partial charge in [-0.2, -0.15) is 0 Å². The van der Waals surface area contributed by atoms with Gasteiger partial charge in [-0.25, -0.2) is 4.79 Å². The molecule has 0 spiro atoms. The molecular formula is C25H17Br2NO5S. The van der Waals surface area contributed by atoms with Crippen LogP contribution in [0.5, 0.6) is 11.5 Å². The van der Waals surface area contributed by atoms with Crippen LogP contribution in [-0.4, -0.2) is 29.1 Å². The molecule has 0 aliphatic carbocycles. The summed E-state index contributed by atoms with van der Waals surface area (Å²) in [5.41, 5.74) is 1.84. The average molecular weight is 603 g/mol. The van der Waals surface area contributed by atoms with Crippen LogP contribution in [0.4, 0.5) is 4.79 Å². The summed E-state index contributed by atoms with van der Waals surface area (Å²) in [5, 5.41) is -0.341. The van der Waals surface area contributed by atoms with Crippen LogP contribution < -0.4 is 9.47 Å². The van der Waals surface area contributed by atoms with E-state index < -0.39 is 5.97 Å². The van der Waals surface area contributed by atoms with E-state index in [1.165, 1.54) is 12.0 Å². The molecule has 34 heavy (non-hydrogen) atoms. The van der Waals surface area contributed by atoms with Gasteiger partial charge >= 0.3 is 5.97 Å². The minimum Gasteiger partial charge on any atom is -0.493 e. The molecular weight excluding hydrogens is 586 g/mol. The number of amides is 2. The normalized spacial score (nSPS) is 14.6. The van der Waals surface area contributed by atoms with Crippen molar-refractivity contribution in [3.05, 3.63) is 97.3 Å². The number of rotatable bonds is 6. The lowest BCUT2D eigenvalue weighted by Gasteiger charge is -2.14. The van der Waals surface area contributed by atoms with Crippen LogP contribution in [0, 0.1) is 0 Å². The number of carbonyl (C=O) groups is 3.